The van der Waals surface area contributed by atoms with Crippen LogP contribution in [-0.2, 0) is 15.7 Å². The lowest BCUT2D eigenvalue weighted by Gasteiger charge is -2.12. The predicted octanol–water partition coefficient (Wildman–Crippen LogP) is 3.99. The first-order chi connectivity index (χ1) is 11.3. The van der Waals surface area contributed by atoms with E-state index < -0.39 is 11.7 Å². The Balaban J connectivity index is 1.78. The summed E-state index contributed by atoms with van der Waals surface area (Å²) in [6.07, 6.45) is -3.20. The fourth-order valence-corrected chi connectivity index (χ4v) is 2.74. The van der Waals surface area contributed by atoms with E-state index in [9.17, 15) is 18.0 Å². The van der Waals surface area contributed by atoms with Gasteiger partial charge in [-0.05, 0) is 36.3 Å². The van der Waals surface area contributed by atoms with Crippen LogP contribution in [0.4, 0.5) is 13.2 Å². The molecule has 1 aromatic rings. The lowest BCUT2D eigenvalue weighted by molar-refractivity contribution is -0.138. The van der Waals surface area contributed by atoms with Crippen LogP contribution in [0, 0.1) is 11.8 Å². The maximum absolute atomic E-state index is 13.0. The molecule has 1 amide bonds. The zero-order chi connectivity index (χ0) is 17.7. The van der Waals surface area contributed by atoms with Crippen molar-refractivity contribution < 1.29 is 22.7 Å². The molecule has 2 atom stereocenters. The Hall–Kier alpha value is -1.56. The maximum Gasteiger partial charge on any atom is 0.416 e. The SMILES string of the molecule is CC(C)COCCCNC(=O)C1CC1c1ccccc1C(F)(F)F. The quantitative estimate of drug-likeness (QED) is 0.725. The van der Waals surface area contributed by atoms with Crippen molar-refractivity contribution in [3.05, 3.63) is 35.4 Å². The van der Waals surface area contributed by atoms with Crippen LogP contribution in [-0.4, -0.2) is 25.7 Å². The highest BCUT2D eigenvalue weighted by Gasteiger charge is 2.47. The molecule has 0 saturated heterocycles. The molecule has 1 fully saturated rings. The summed E-state index contributed by atoms with van der Waals surface area (Å²) in [5, 5.41) is 2.79. The van der Waals surface area contributed by atoms with Crippen molar-refractivity contribution in [2.75, 3.05) is 19.8 Å². The molecule has 0 bridgehead atoms. The van der Waals surface area contributed by atoms with E-state index in [1.54, 1.807) is 6.07 Å². The number of carbonyl (C=O) groups is 1. The van der Waals surface area contributed by atoms with Gasteiger partial charge in [-0.3, -0.25) is 4.79 Å². The largest absolute Gasteiger partial charge is 0.416 e. The van der Waals surface area contributed by atoms with Gasteiger partial charge in [-0.25, -0.2) is 0 Å². The number of ether oxygens (including phenoxy) is 1. The van der Waals surface area contributed by atoms with Gasteiger partial charge >= 0.3 is 6.18 Å². The van der Waals surface area contributed by atoms with E-state index in [0.717, 1.165) is 6.07 Å². The highest BCUT2D eigenvalue weighted by Crippen LogP contribution is 2.50. The molecule has 2 rings (SSSR count). The molecule has 1 aliphatic rings. The van der Waals surface area contributed by atoms with Gasteiger partial charge in [0.15, 0.2) is 0 Å². The molecule has 3 nitrogen and oxygen atoms in total. The Kier molecular flexibility index (Phi) is 6.27. The van der Waals surface area contributed by atoms with Gasteiger partial charge in [0.05, 0.1) is 5.56 Å². The predicted molar refractivity (Wildman–Crippen MR) is 85.6 cm³/mol. The molecule has 1 aliphatic carbocycles. The Morgan fingerprint density at radius 2 is 2.04 bits per heavy atom. The second-order valence-electron chi connectivity index (χ2n) is 6.65. The van der Waals surface area contributed by atoms with Crippen molar-refractivity contribution in [3.8, 4) is 0 Å². The molecular formula is C18H24F3NO2. The second-order valence-corrected chi connectivity index (χ2v) is 6.65. The summed E-state index contributed by atoms with van der Waals surface area (Å²) in [5.41, 5.74) is -0.405. The van der Waals surface area contributed by atoms with E-state index in [-0.39, 0.29) is 23.3 Å². The van der Waals surface area contributed by atoms with Crippen LogP contribution < -0.4 is 5.32 Å². The summed E-state index contributed by atoms with van der Waals surface area (Å²) >= 11 is 0. The van der Waals surface area contributed by atoms with E-state index in [1.807, 2.05) is 0 Å². The van der Waals surface area contributed by atoms with E-state index >= 15 is 0 Å². The molecule has 1 N–H and O–H groups in total. The molecular weight excluding hydrogens is 319 g/mol. The van der Waals surface area contributed by atoms with Gasteiger partial charge in [0.1, 0.15) is 0 Å². The number of alkyl halides is 3. The zero-order valence-electron chi connectivity index (χ0n) is 14.0. The van der Waals surface area contributed by atoms with Crippen LogP contribution in [0.1, 0.15) is 43.7 Å². The fourth-order valence-electron chi connectivity index (χ4n) is 2.74. The number of hydrogen-bond acceptors (Lipinski definition) is 2. The number of nitrogens with one attached hydrogen (secondary N) is 1. The van der Waals surface area contributed by atoms with Crippen LogP contribution in [0.3, 0.4) is 0 Å². The lowest BCUT2D eigenvalue weighted by Crippen LogP contribution is -2.27. The topological polar surface area (TPSA) is 38.3 Å². The molecule has 1 saturated carbocycles. The van der Waals surface area contributed by atoms with E-state index in [2.05, 4.69) is 19.2 Å². The van der Waals surface area contributed by atoms with E-state index in [4.69, 9.17) is 4.74 Å². The molecule has 0 aromatic heterocycles. The smallest absolute Gasteiger partial charge is 0.381 e. The van der Waals surface area contributed by atoms with Gasteiger partial charge in [0, 0.05) is 25.7 Å². The van der Waals surface area contributed by atoms with Gasteiger partial charge in [0.2, 0.25) is 5.91 Å². The van der Waals surface area contributed by atoms with Crippen molar-refractivity contribution >= 4 is 5.91 Å². The number of hydrogen-bond donors (Lipinski definition) is 1. The zero-order valence-corrected chi connectivity index (χ0v) is 14.0. The molecule has 24 heavy (non-hydrogen) atoms. The van der Waals surface area contributed by atoms with Crippen molar-refractivity contribution in [2.45, 2.75) is 38.8 Å². The molecule has 1 aromatic carbocycles. The molecule has 134 valence electrons. The first-order valence-electron chi connectivity index (χ1n) is 8.32. The van der Waals surface area contributed by atoms with Gasteiger partial charge in [-0.1, -0.05) is 32.0 Å². The summed E-state index contributed by atoms with van der Waals surface area (Å²) in [4.78, 5) is 12.1. The Bertz CT molecular complexity index is 557. The standard InChI is InChI=1S/C18H24F3NO2/c1-12(2)11-24-9-5-8-22-17(23)15-10-14(15)13-6-3-4-7-16(13)18(19,20)21/h3-4,6-7,12,14-15H,5,8-11H2,1-2H3,(H,22,23). The van der Waals surface area contributed by atoms with Crippen molar-refractivity contribution in [1.29, 1.82) is 0 Å². The van der Waals surface area contributed by atoms with Gasteiger partial charge in [0.25, 0.3) is 0 Å². The summed E-state index contributed by atoms with van der Waals surface area (Å²) in [7, 11) is 0. The minimum absolute atomic E-state index is 0.166. The average Bonchev–Trinajstić information content (AvgIpc) is 3.30. The summed E-state index contributed by atoms with van der Waals surface area (Å²) in [5.74, 6) is -0.383. The summed E-state index contributed by atoms with van der Waals surface area (Å²) in [6, 6.07) is 5.51. The van der Waals surface area contributed by atoms with E-state index in [0.29, 0.717) is 38.5 Å². The number of amides is 1. The molecule has 0 spiro atoms. The molecule has 0 radical (unpaired) electrons. The van der Waals surface area contributed by atoms with E-state index in [1.165, 1.54) is 12.1 Å². The monoisotopic (exact) mass is 343 g/mol. The summed E-state index contributed by atoms with van der Waals surface area (Å²) in [6.45, 7) is 5.87. The van der Waals surface area contributed by atoms with Gasteiger partial charge in [-0.15, -0.1) is 0 Å². The Labute approximate surface area is 140 Å². The average molecular weight is 343 g/mol. The lowest BCUT2D eigenvalue weighted by atomic mass is 10.0. The molecule has 0 aliphatic heterocycles. The van der Waals surface area contributed by atoms with Crippen LogP contribution in [0.25, 0.3) is 0 Å². The first kappa shape index (κ1) is 18.8. The molecule has 0 heterocycles. The highest BCUT2D eigenvalue weighted by molar-refractivity contribution is 5.83. The van der Waals surface area contributed by atoms with Crippen LogP contribution in [0.15, 0.2) is 24.3 Å². The Morgan fingerprint density at radius 1 is 1.33 bits per heavy atom. The third-order valence-electron chi connectivity index (χ3n) is 4.01. The molecule has 2 unspecified atom stereocenters. The number of rotatable bonds is 8. The van der Waals surface area contributed by atoms with Gasteiger partial charge in [-0.2, -0.15) is 13.2 Å². The van der Waals surface area contributed by atoms with Crippen LogP contribution >= 0.6 is 0 Å². The second kappa shape index (κ2) is 8.01. The first-order valence-corrected chi connectivity index (χ1v) is 8.32. The van der Waals surface area contributed by atoms with Crippen molar-refractivity contribution in [2.24, 2.45) is 11.8 Å². The van der Waals surface area contributed by atoms with Crippen LogP contribution in [0.2, 0.25) is 0 Å². The van der Waals surface area contributed by atoms with Crippen molar-refractivity contribution in [1.82, 2.24) is 5.32 Å². The third-order valence-corrected chi connectivity index (χ3v) is 4.01. The van der Waals surface area contributed by atoms with Crippen LogP contribution in [0.5, 0.6) is 0 Å². The minimum Gasteiger partial charge on any atom is -0.381 e. The Morgan fingerprint density at radius 3 is 2.71 bits per heavy atom. The summed E-state index contributed by atoms with van der Waals surface area (Å²) < 4.78 is 44.5. The maximum atomic E-state index is 13.0. The normalized spacial score (nSPS) is 20.2. The minimum atomic E-state index is -4.38. The fraction of sp³-hybridized carbons (Fsp3) is 0.611. The van der Waals surface area contributed by atoms with Crippen molar-refractivity contribution in [3.63, 3.8) is 0 Å². The number of carbonyl (C=O) groups excluding carboxylic acids is 1. The highest BCUT2D eigenvalue weighted by atomic mass is 19.4. The number of benzene rings is 1. The number of halogens is 3. The third kappa shape index (κ3) is 5.23. The molecule has 6 heteroatoms. The van der Waals surface area contributed by atoms with Gasteiger partial charge < -0.3 is 10.1 Å².